The fraction of sp³-hybridized carbons (Fsp3) is 0.200. The van der Waals surface area contributed by atoms with Crippen molar-refractivity contribution in [2.75, 3.05) is 6.61 Å². The van der Waals surface area contributed by atoms with Gasteiger partial charge in [-0.15, -0.1) is 0 Å². The third-order valence-corrected chi connectivity index (χ3v) is 2.91. The lowest BCUT2D eigenvalue weighted by molar-refractivity contribution is 0.287. The molecule has 1 unspecified atom stereocenters. The molecule has 0 amide bonds. The van der Waals surface area contributed by atoms with E-state index < -0.39 is 11.6 Å². The van der Waals surface area contributed by atoms with Crippen LogP contribution >= 0.6 is 0 Å². The zero-order valence-corrected chi connectivity index (χ0v) is 10.9. The van der Waals surface area contributed by atoms with E-state index in [2.05, 4.69) is 5.43 Å². The van der Waals surface area contributed by atoms with Gasteiger partial charge < -0.3 is 4.74 Å². The summed E-state index contributed by atoms with van der Waals surface area (Å²) in [6.45, 7) is 0.386. The summed E-state index contributed by atoms with van der Waals surface area (Å²) in [5.41, 5.74) is 3.01. The van der Waals surface area contributed by atoms with Crippen LogP contribution in [0.3, 0.4) is 0 Å². The van der Waals surface area contributed by atoms with Crippen LogP contribution in [-0.2, 0) is 0 Å². The first-order valence-corrected chi connectivity index (χ1v) is 6.29. The number of rotatable bonds is 6. The van der Waals surface area contributed by atoms with Gasteiger partial charge in [0.05, 0.1) is 6.61 Å². The molecule has 0 bridgehead atoms. The van der Waals surface area contributed by atoms with E-state index >= 15 is 0 Å². The highest BCUT2D eigenvalue weighted by atomic mass is 19.1. The molecule has 0 fully saturated rings. The van der Waals surface area contributed by atoms with Crippen molar-refractivity contribution in [2.45, 2.75) is 12.5 Å². The molecule has 0 aliphatic rings. The summed E-state index contributed by atoms with van der Waals surface area (Å²) in [6, 6.07) is 12.3. The Bertz CT molecular complexity index is 529. The fourth-order valence-electron chi connectivity index (χ4n) is 1.93. The molecule has 0 saturated heterocycles. The molecule has 3 nitrogen and oxygen atoms in total. The van der Waals surface area contributed by atoms with Gasteiger partial charge in [0, 0.05) is 18.5 Å². The number of nitrogens with two attached hydrogens (primary N) is 1. The molecule has 3 N–H and O–H groups in total. The van der Waals surface area contributed by atoms with E-state index in [4.69, 9.17) is 10.6 Å². The van der Waals surface area contributed by atoms with Crippen molar-refractivity contribution in [3.8, 4) is 5.75 Å². The number of nitrogens with one attached hydrogen (secondary N) is 1. The van der Waals surface area contributed by atoms with Crippen molar-refractivity contribution in [1.82, 2.24) is 5.43 Å². The van der Waals surface area contributed by atoms with Gasteiger partial charge in [-0.3, -0.25) is 11.3 Å². The lowest BCUT2D eigenvalue weighted by Gasteiger charge is -2.17. The molecular formula is C15H16F2N2O. The van der Waals surface area contributed by atoms with E-state index in [0.717, 1.165) is 11.8 Å². The van der Waals surface area contributed by atoms with Crippen LogP contribution < -0.4 is 16.0 Å². The highest BCUT2D eigenvalue weighted by molar-refractivity contribution is 5.22. The molecule has 2 rings (SSSR count). The second kappa shape index (κ2) is 6.98. The minimum absolute atomic E-state index is 0.371. The van der Waals surface area contributed by atoms with E-state index in [-0.39, 0.29) is 6.04 Å². The van der Waals surface area contributed by atoms with Crippen LogP contribution in [-0.4, -0.2) is 6.61 Å². The molecule has 0 aromatic heterocycles. The number of para-hydroxylation sites is 1. The van der Waals surface area contributed by atoms with Crippen LogP contribution in [0.1, 0.15) is 18.0 Å². The predicted molar refractivity (Wildman–Crippen MR) is 73.0 cm³/mol. The maximum Gasteiger partial charge on any atom is 0.126 e. The Balaban J connectivity index is 1.95. The topological polar surface area (TPSA) is 47.3 Å². The van der Waals surface area contributed by atoms with Crippen molar-refractivity contribution in [3.05, 3.63) is 65.7 Å². The Morgan fingerprint density at radius 3 is 2.30 bits per heavy atom. The first-order valence-electron chi connectivity index (χ1n) is 6.29. The second-order valence-corrected chi connectivity index (χ2v) is 4.37. The first-order chi connectivity index (χ1) is 9.69. The summed E-state index contributed by atoms with van der Waals surface area (Å²) in [5.74, 6) is 4.94. The second-order valence-electron chi connectivity index (χ2n) is 4.37. The Kier molecular flexibility index (Phi) is 5.03. The molecule has 1 atom stereocenters. The number of ether oxygens (including phenoxy) is 1. The number of hydrogen-bond donors (Lipinski definition) is 2. The maximum absolute atomic E-state index is 13.2. The number of hydrazine groups is 1. The zero-order valence-electron chi connectivity index (χ0n) is 10.9. The summed E-state index contributed by atoms with van der Waals surface area (Å²) in [4.78, 5) is 0. The molecule has 0 radical (unpaired) electrons. The van der Waals surface area contributed by atoms with E-state index in [1.807, 2.05) is 30.3 Å². The van der Waals surface area contributed by atoms with Crippen LogP contribution in [0, 0.1) is 11.6 Å². The molecule has 2 aromatic carbocycles. The molecule has 2 aromatic rings. The highest BCUT2D eigenvalue weighted by Crippen LogP contribution is 2.19. The molecule has 0 aliphatic carbocycles. The Labute approximate surface area is 116 Å². The van der Waals surface area contributed by atoms with Crippen LogP contribution in [0.15, 0.2) is 48.5 Å². The molecule has 106 valence electrons. The van der Waals surface area contributed by atoms with Crippen molar-refractivity contribution in [2.24, 2.45) is 5.84 Å². The molecule has 5 heteroatoms. The van der Waals surface area contributed by atoms with E-state index in [0.29, 0.717) is 18.6 Å². The fourth-order valence-corrected chi connectivity index (χ4v) is 1.93. The lowest BCUT2D eigenvalue weighted by atomic mass is 10.0. The van der Waals surface area contributed by atoms with Gasteiger partial charge in [0.25, 0.3) is 0 Å². The molecule has 0 spiro atoms. The Hall–Kier alpha value is -1.98. The van der Waals surface area contributed by atoms with E-state index in [1.165, 1.54) is 12.1 Å². The van der Waals surface area contributed by atoms with Gasteiger partial charge in [0.15, 0.2) is 0 Å². The van der Waals surface area contributed by atoms with Gasteiger partial charge >= 0.3 is 0 Å². The normalized spacial score (nSPS) is 12.2. The molecule has 20 heavy (non-hydrogen) atoms. The minimum Gasteiger partial charge on any atom is -0.494 e. The van der Waals surface area contributed by atoms with Gasteiger partial charge in [-0.1, -0.05) is 18.2 Å². The zero-order chi connectivity index (χ0) is 14.4. The smallest absolute Gasteiger partial charge is 0.126 e. The van der Waals surface area contributed by atoms with Gasteiger partial charge in [0.2, 0.25) is 0 Å². The maximum atomic E-state index is 13.2. The summed E-state index contributed by atoms with van der Waals surface area (Å²) in [7, 11) is 0. The molecule has 0 saturated carbocycles. The SMILES string of the molecule is NNC(CCOc1ccccc1)c1cc(F)cc(F)c1. The average molecular weight is 278 g/mol. The third kappa shape index (κ3) is 4.01. The van der Waals surface area contributed by atoms with Gasteiger partial charge in [-0.05, 0) is 29.8 Å². The van der Waals surface area contributed by atoms with Crippen LogP contribution in [0.4, 0.5) is 8.78 Å². The summed E-state index contributed by atoms with van der Waals surface area (Å²) in [6.07, 6.45) is 0.494. The number of halogens is 2. The summed E-state index contributed by atoms with van der Waals surface area (Å²) < 4.78 is 31.9. The van der Waals surface area contributed by atoms with Crippen LogP contribution in [0.25, 0.3) is 0 Å². The summed E-state index contributed by atoms with van der Waals surface area (Å²) in [5, 5.41) is 0. The monoisotopic (exact) mass is 278 g/mol. The Morgan fingerprint density at radius 1 is 1.05 bits per heavy atom. The standard InChI is InChI=1S/C15H16F2N2O/c16-12-8-11(9-13(17)10-12)15(19-18)6-7-20-14-4-2-1-3-5-14/h1-5,8-10,15,19H,6-7,18H2. The number of benzene rings is 2. The molecular weight excluding hydrogens is 262 g/mol. The minimum atomic E-state index is -0.621. The third-order valence-electron chi connectivity index (χ3n) is 2.91. The molecule has 0 aliphatic heterocycles. The average Bonchev–Trinajstić information content (AvgIpc) is 2.43. The van der Waals surface area contributed by atoms with Crippen molar-refractivity contribution in [1.29, 1.82) is 0 Å². The van der Waals surface area contributed by atoms with Crippen molar-refractivity contribution in [3.63, 3.8) is 0 Å². The highest BCUT2D eigenvalue weighted by Gasteiger charge is 2.12. The van der Waals surface area contributed by atoms with Gasteiger partial charge in [0.1, 0.15) is 17.4 Å². The Morgan fingerprint density at radius 2 is 1.70 bits per heavy atom. The van der Waals surface area contributed by atoms with Crippen molar-refractivity contribution < 1.29 is 13.5 Å². The van der Waals surface area contributed by atoms with Crippen LogP contribution in [0.5, 0.6) is 5.75 Å². The summed E-state index contributed by atoms with van der Waals surface area (Å²) >= 11 is 0. The predicted octanol–water partition coefficient (Wildman–Crippen LogP) is 2.94. The van der Waals surface area contributed by atoms with E-state index in [1.54, 1.807) is 0 Å². The lowest BCUT2D eigenvalue weighted by Crippen LogP contribution is -2.29. The van der Waals surface area contributed by atoms with E-state index in [9.17, 15) is 8.78 Å². The van der Waals surface area contributed by atoms with Crippen molar-refractivity contribution >= 4 is 0 Å². The molecule has 0 heterocycles. The quantitative estimate of drug-likeness (QED) is 0.631. The largest absolute Gasteiger partial charge is 0.494 e. The first kappa shape index (κ1) is 14.4. The van der Waals surface area contributed by atoms with Gasteiger partial charge in [-0.25, -0.2) is 8.78 Å². The van der Waals surface area contributed by atoms with Crippen LogP contribution in [0.2, 0.25) is 0 Å². The van der Waals surface area contributed by atoms with Gasteiger partial charge in [-0.2, -0.15) is 0 Å². The number of hydrogen-bond acceptors (Lipinski definition) is 3.